The van der Waals surface area contributed by atoms with Crippen LogP contribution in [0.5, 0.6) is 0 Å². The first kappa shape index (κ1) is 17.4. The summed E-state index contributed by atoms with van der Waals surface area (Å²) in [6, 6.07) is 12.1. The third kappa shape index (κ3) is 6.12. The second-order valence-electron chi connectivity index (χ2n) is 4.84. The molecule has 2 rings (SSSR count). The topological polar surface area (TPSA) is 63.3 Å². The summed E-state index contributed by atoms with van der Waals surface area (Å²) in [6.07, 6.45) is 2.58. The van der Waals surface area contributed by atoms with E-state index in [1.54, 1.807) is 6.20 Å². The van der Waals surface area contributed by atoms with Gasteiger partial charge in [-0.25, -0.2) is 0 Å². The van der Waals surface area contributed by atoms with Crippen molar-refractivity contribution in [1.82, 2.24) is 4.98 Å². The molecule has 0 spiro atoms. The molecule has 0 radical (unpaired) electrons. The normalized spacial score (nSPS) is 10.9. The van der Waals surface area contributed by atoms with E-state index in [1.165, 1.54) is 11.1 Å². The average Bonchev–Trinajstić information content (AvgIpc) is 2.38. The summed E-state index contributed by atoms with van der Waals surface area (Å²) in [5, 5.41) is 3.12. The highest BCUT2D eigenvalue weighted by Gasteiger charge is 1.98. The first-order valence-electron chi connectivity index (χ1n) is 6.68. The van der Waals surface area contributed by atoms with Crippen molar-refractivity contribution >= 4 is 35.6 Å². The zero-order chi connectivity index (χ0) is 14.4. The van der Waals surface area contributed by atoms with Crippen molar-refractivity contribution in [3.63, 3.8) is 0 Å². The monoisotopic (exact) mass is 396 g/mol. The number of rotatable bonds is 4. The van der Waals surface area contributed by atoms with E-state index in [-0.39, 0.29) is 24.0 Å². The van der Waals surface area contributed by atoms with Gasteiger partial charge in [0.15, 0.2) is 5.96 Å². The van der Waals surface area contributed by atoms with Crippen LogP contribution in [0.1, 0.15) is 16.8 Å². The Morgan fingerprint density at radius 1 is 1.19 bits per heavy atom. The number of guanidine groups is 1. The van der Waals surface area contributed by atoms with Gasteiger partial charge >= 0.3 is 0 Å². The van der Waals surface area contributed by atoms with Crippen LogP contribution in [0.3, 0.4) is 0 Å². The molecular weight excluding hydrogens is 375 g/mol. The van der Waals surface area contributed by atoms with Crippen LogP contribution in [0.15, 0.2) is 47.6 Å². The molecule has 4 nitrogen and oxygen atoms in total. The van der Waals surface area contributed by atoms with Crippen molar-refractivity contribution in [2.75, 3.05) is 11.9 Å². The molecule has 0 atom stereocenters. The Bertz CT molecular complexity index is 576. The summed E-state index contributed by atoms with van der Waals surface area (Å²) in [7, 11) is 0. The standard InChI is InChI=1S/C16H20N4.HI/c1-12-9-13(2)11-15(10-12)20-16(17)19-8-6-14-5-3-4-7-18-14;/h3-5,7,9-11H,6,8H2,1-2H3,(H3,17,19,20);1H. The molecule has 1 heterocycles. The Balaban J connectivity index is 0.00000220. The van der Waals surface area contributed by atoms with Gasteiger partial charge in [-0.15, -0.1) is 24.0 Å². The van der Waals surface area contributed by atoms with Gasteiger partial charge in [0.05, 0.1) is 0 Å². The lowest BCUT2D eigenvalue weighted by molar-refractivity contribution is 0.921. The number of aromatic nitrogens is 1. The largest absolute Gasteiger partial charge is 0.370 e. The summed E-state index contributed by atoms with van der Waals surface area (Å²) in [6.45, 7) is 4.75. The molecule has 0 aliphatic carbocycles. The minimum Gasteiger partial charge on any atom is -0.370 e. The molecule has 0 aliphatic heterocycles. The van der Waals surface area contributed by atoms with Crippen LogP contribution < -0.4 is 11.1 Å². The van der Waals surface area contributed by atoms with Gasteiger partial charge in [-0.3, -0.25) is 9.98 Å². The van der Waals surface area contributed by atoms with Crippen molar-refractivity contribution in [1.29, 1.82) is 0 Å². The van der Waals surface area contributed by atoms with Gasteiger partial charge in [-0.2, -0.15) is 0 Å². The van der Waals surface area contributed by atoms with E-state index in [4.69, 9.17) is 5.73 Å². The number of hydrogen-bond acceptors (Lipinski definition) is 2. The Hall–Kier alpha value is -1.63. The Kier molecular flexibility index (Phi) is 7.14. The molecule has 3 N–H and O–H groups in total. The molecule has 2 aromatic rings. The van der Waals surface area contributed by atoms with Crippen LogP contribution in [0, 0.1) is 13.8 Å². The lowest BCUT2D eigenvalue weighted by atomic mass is 10.1. The number of halogens is 1. The summed E-state index contributed by atoms with van der Waals surface area (Å²) in [5.74, 6) is 0.436. The molecule has 0 unspecified atom stereocenters. The zero-order valence-corrected chi connectivity index (χ0v) is 14.7. The van der Waals surface area contributed by atoms with Crippen LogP contribution in [-0.4, -0.2) is 17.5 Å². The van der Waals surface area contributed by atoms with Crippen molar-refractivity contribution in [2.24, 2.45) is 10.7 Å². The minimum absolute atomic E-state index is 0. The fourth-order valence-electron chi connectivity index (χ4n) is 2.07. The second-order valence-corrected chi connectivity index (χ2v) is 4.84. The molecule has 0 saturated heterocycles. The van der Waals surface area contributed by atoms with Crippen LogP contribution in [0.4, 0.5) is 5.69 Å². The van der Waals surface area contributed by atoms with Crippen LogP contribution in [0.2, 0.25) is 0 Å². The number of nitrogens with two attached hydrogens (primary N) is 1. The van der Waals surface area contributed by atoms with Gasteiger partial charge in [-0.05, 0) is 49.2 Å². The summed E-state index contributed by atoms with van der Waals surface area (Å²) in [4.78, 5) is 8.57. The van der Waals surface area contributed by atoms with Gasteiger partial charge < -0.3 is 11.1 Å². The molecular formula is C16H21IN4. The van der Waals surface area contributed by atoms with E-state index < -0.39 is 0 Å². The SMILES string of the molecule is Cc1cc(C)cc(NC(N)=NCCc2ccccn2)c1.I. The van der Waals surface area contributed by atoms with E-state index in [0.29, 0.717) is 12.5 Å². The van der Waals surface area contributed by atoms with Gasteiger partial charge in [-0.1, -0.05) is 12.1 Å². The highest BCUT2D eigenvalue weighted by molar-refractivity contribution is 14.0. The number of aryl methyl sites for hydroxylation is 2. The molecule has 1 aromatic carbocycles. The molecule has 0 fully saturated rings. The zero-order valence-electron chi connectivity index (χ0n) is 12.3. The van der Waals surface area contributed by atoms with E-state index in [1.807, 2.05) is 30.3 Å². The minimum atomic E-state index is 0. The van der Waals surface area contributed by atoms with E-state index in [0.717, 1.165) is 17.8 Å². The maximum absolute atomic E-state index is 5.89. The molecule has 0 saturated carbocycles. The predicted octanol–water partition coefficient (Wildman–Crippen LogP) is 3.29. The van der Waals surface area contributed by atoms with Gasteiger partial charge in [0, 0.05) is 30.5 Å². The first-order chi connectivity index (χ1) is 9.63. The molecule has 112 valence electrons. The van der Waals surface area contributed by atoms with Crippen molar-refractivity contribution in [2.45, 2.75) is 20.3 Å². The number of benzene rings is 1. The fourth-order valence-corrected chi connectivity index (χ4v) is 2.07. The van der Waals surface area contributed by atoms with Crippen LogP contribution in [0.25, 0.3) is 0 Å². The molecule has 1 aromatic heterocycles. The quantitative estimate of drug-likeness (QED) is 0.474. The van der Waals surface area contributed by atoms with Gasteiger partial charge in [0.1, 0.15) is 0 Å². The van der Waals surface area contributed by atoms with Crippen LogP contribution in [-0.2, 0) is 6.42 Å². The third-order valence-electron chi connectivity index (χ3n) is 2.87. The second kappa shape index (κ2) is 8.61. The van der Waals surface area contributed by atoms with E-state index in [9.17, 15) is 0 Å². The number of hydrogen-bond donors (Lipinski definition) is 2. The Morgan fingerprint density at radius 3 is 2.52 bits per heavy atom. The molecule has 21 heavy (non-hydrogen) atoms. The van der Waals surface area contributed by atoms with Gasteiger partial charge in [0.25, 0.3) is 0 Å². The Labute approximate surface area is 142 Å². The average molecular weight is 396 g/mol. The Morgan fingerprint density at radius 2 is 1.90 bits per heavy atom. The smallest absolute Gasteiger partial charge is 0.193 e. The molecule has 0 aliphatic rings. The van der Waals surface area contributed by atoms with Crippen molar-refractivity contribution in [3.8, 4) is 0 Å². The molecule has 0 bridgehead atoms. The maximum atomic E-state index is 5.89. The summed E-state index contributed by atoms with van der Waals surface area (Å²) in [5.41, 5.74) is 10.3. The van der Waals surface area contributed by atoms with Crippen LogP contribution >= 0.6 is 24.0 Å². The summed E-state index contributed by atoms with van der Waals surface area (Å²) >= 11 is 0. The summed E-state index contributed by atoms with van der Waals surface area (Å²) < 4.78 is 0. The lowest BCUT2D eigenvalue weighted by Crippen LogP contribution is -2.23. The first-order valence-corrected chi connectivity index (χ1v) is 6.68. The lowest BCUT2D eigenvalue weighted by Gasteiger charge is -2.08. The number of aliphatic imine (C=N–C) groups is 1. The van der Waals surface area contributed by atoms with E-state index in [2.05, 4.69) is 35.2 Å². The van der Waals surface area contributed by atoms with Gasteiger partial charge in [0.2, 0.25) is 0 Å². The van der Waals surface area contributed by atoms with E-state index >= 15 is 0 Å². The molecule has 0 amide bonds. The highest BCUT2D eigenvalue weighted by Crippen LogP contribution is 2.13. The number of nitrogens with one attached hydrogen (secondary N) is 1. The number of pyridine rings is 1. The predicted molar refractivity (Wildman–Crippen MR) is 99.4 cm³/mol. The fraction of sp³-hybridized carbons (Fsp3) is 0.250. The number of nitrogens with zero attached hydrogens (tertiary/aromatic N) is 2. The highest BCUT2D eigenvalue weighted by atomic mass is 127. The van der Waals surface area contributed by atoms with Crippen molar-refractivity contribution in [3.05, 3.63) is 59.4 Å². The third-order valence-corrected chi connectivity index (χ3v) is 2.87. The maximum Gasteiger partial charge on any atom is 0.193 e. The molecule has 5 heteroatoms. The number of anilines is 1. The van der Waals surface area contributed by atoms with Crippen molar-refractivity contribution < 1.29 is 0 Å².